The Labute approximate surface area is 124 Å². The highest BCUT2D eigenvalue weighted by Gasteiger charge is 2.19. The summed E-state index contributed by atoms with van der Waals surface area (Å²) in [7, 11) is 0. The van der Waals surface area contributed by atoms with Crippen molar-refractivity contribution in [3.05, 3.63) is 42.1 Å². The summed E-state index contributed by atoms with van der Waals surface area (Å²) in [6, 6.07) is 8.18. The van der Waals surface area contributed by atoms with Crippen molar-refractivity contribution in [2.75, 3.05) is 0 Å². The Bertz CT molecular complexity index is 672. The van der Waals surface area contributed by atoms with Crippen LogP contribution in [0.5, 0.6) is 0 Å². The number of fused-ring (bicyclic) bond motifs is 1. The lowest BCUT2D eigenvalue weighted by Gasteiger charge is -2.16. The van der Waals surface area contributed by atoms with Gasteiger partial charge >= 0.3 is 0 Å². The highest BCUT2D eigenvalue weighted by atomic mass is 16.1. The maximum atomic E-state index is 12.2. The van der Waals surface area contributed by atoms with Gasteiger partial charge in [-0.3, -0.25) is 9.48 Å². The summed E-state index contributed by atoms with van der Waals surface area (Å²) in [5, 5.41) is 8.79. The van der Waals surface area contributed by atoms with E-state index in [-0.39, 0.29) is 11.8 Å². The molecule has 0 saturated carbocycles. The maximum absolute atomic E-state index is 12.2. The third kappa shape index (κ3) is 2.84. The van der Waals surface area contributed by atoms with Crippen LogP contribution in [0.1, 0.15) is 31.9 Å². The van der Waals surface area contributed by atoms with E-state index in [9.17, 15) is 4.79 Å². The first-order chi connectivity index (χ1) is 10.3. The molecule has 1 heterocycles. The minimum atomic E-state index is 0.120. The van der Waals surface area contributed by atoms with E-state index in [1.54, 1.807) is 0 Å². The molecule has 1 aromatic carbocycles. The van der Waals surface area contributed by atoms with Gasteiger partial charge in [0, 0.05) is 17.8 Å². The van der Waals surface area contributed by atoms with E-state index in [0.717, 1.165) is 42.4 Å². The number of para-hydroxylation sites is 1. The second-order valence-corrected chi connectivity index (χ2v) is 5.48. The van der Waals surface area contributed by atoms with E-state index in [1.807, 2.05) is 16.8 Å². The van der Waals surface area contributed by atoms with Gasteiger partial charge in [-0.05, 0) is 32.3 Å². The predicted molar refractivity (Wildman–Crippen MR) is 83.7 cm³/mol. The van der Waals surface area contributed by atoms with Gasteiger partial charge in [0.25, 0.3) is 0 Å². The fourth-order valence-corrected chi connectivity index (χ4v) is 2.91. The van der Waals surface area contributed by atoms with Crippen molar-refractivity contribution >= 4 is 16.8 Å². The predicted octanol–water partition coefficient (Wildman–Crippen LogP) is 3.03. The van der Waals surface area contributed by atoms with E-state index in [0.29, 0.717) is 6.54 Å². The summed E-state index contributed by atoms with van der Waals surface area (Å²) in [6.07, 6.45) is 7.07. The molecule has 0 saturated heterocycles. The molecule has 4 heteroatoms. The van der Waals surface area contributed by atoms with E-state index in [1.165, 1.54) is 0 Å². The monoisotopic (exact) mass is 283 g/mol. The lowest BCUT2D eigenvalue weighted by molar-refractivity contribution is -0.125. The molecule has 0 fully saturated rings. The van der Waals surface area contributed by atoms with Gasteiger partial charge in [-0.2, -0.15) is 5.10 Å². The van der Waals surface area contributed by atoms with Crippen molar-refractivity contribution in [2.45, 2.75) is 39.3 Å². The fourth-order valence-electron chi connectivity index (χ4n) is 2.91. The van der Waals surface area contributed by atoms with Crippen LogP contribution in [0.2, 0.25) is 0 Å². The number of hydrogen-bond donors (Lipinski definition) is 1. The largest absolute Gasteiger partial charge is 0.350 e. The number of aryl methyl sites for hydroxylation is 1. The lowest BCUT2D eigenvalue weighted by Crippen LogP contribution is -2.31. The zero-order valence-corrected chi connectivity index (χ0v) is 12.4. The highest BCUT2D eigenvalue weighted by molar-refractivity contribution is 5.83. The van der Waals surface area contributed by atoms with Crippen molar-refractivity contribution in [3.8, 4) is 0 Å². The van der Waals surface area contributed by atoms with E-state index >= 15 is 0 Å². The van der Waals surface area contributed by atoms with Crippen LogP contribution in [0.15, 0.2) is 36.4 Å². The molecular formula is C17H21N3O. The van der Waals surface area contributed by atoms with Gasteiger partial charge in [-0.15, -0.1) is 0 Å². The second-order valence-electron chi connectivity index (χ2n) is 5.48. The molecule has 1 aliphatic carbocycles. The molecule has 21 heavy (non-hydrogen) atoms. The number of carbonyl (C=O) groups excluding carboxylic acids is 1. The summed E-state index contributed by atoms with van der Waals surface area (Å²) < 4.78 is 1.99. The quantitative estimate of drug-likeness (QED) is 0.877. The van der Waals surface area contributed by atoms with Crippen molar-refractivity contribution in [1.82, 2.24) is 15.1 Å². The molecule has 1 aliphatic rings. The number of allylic oxidation sites excluding steroid dienone is 2. The molecular weight excluding hydrogens is 262 g/mol. The minimum absolute atomic E-state index is 0.120. The molecule has 0 radical (unpaired) electrons. The fraction of sp³-hybridized carbons (Fsp3) is 0.412. The minimum Gasteiger partial charge on any atom is -0.350 e. The van der Waals surface area contributed by atoms with Gasteiger partial charge in [-0.1, -0.05) is 30.4 Å². The van der Waals surface area contributed by atoms with E-state index < -0.39 is 0 Å². The number of benzene rings is 1. The number of rotatable bonds is 4. The van der Waals surface area contributed by atoms with Gasteiger partial charge in [-0.25, -0.2) is 0 Å². The number of nitrogens with one attached hydrogen (secondary N) is 1. The van der Waals surface area contributed by atoms with E-state index in [2.05, 4.69) is 41.6 Å². The summed E-state index contributed by atoms with van der Waals surface area (Å²) in [4.78, 5) is 12.2. The Kier molecular flexibility index (Phi) is 4.04. The number of hydrogen-bond acceptors (Lipinski definition) is 2. The molecule has 0 unspecified atom stereocenters. The normalized spacial score (nSPS) is 18.0. The SMILES string of the molecule is CCn1nc(CNC(=O)[C@H]2CC=CCC2)c2ccccc21. The Balaban J connectivity index is 1.73. The zero-order chi connectivity index (χ0) is 14.7. The Morgan fingerprint density at radius 1 is 1.38 bits per heavy atom. The molecule has 4 nitrogen and oxygen atoms in total. The number of amides is 1. The summed E-state index contributed by atoms with van der Waals surface area (Å²) >= 11 is 0. The first-order valence-electron chi connectivity index (χ1n) is 7.66. The van der Waals surface area contributed by atoms with Crippen LogP contribution < -0.4 is 5.32 Å². The Morgan fingerprint density at radius 3 is 3.00 bits per heavy atom. The number of carbonyl (C=O) groups is 1. The first kappa shape index (κ1) is 13.9. The second kappa shape index (κ2) is 6.12. The van der Waals surface area contributed by atoms with E-state index in [4.69, 9.17) is 0 Å². The summed E-state index contributed by atoms with van der Waals surface area (Å²) in [6.45, 7) is 3.42. The Morgan fingerprint density at radius 2 is 2.24 bits per heavy atom. The maximum Gasteiger partial charge on any atom is 0.223 e. The van der Waals surface area contributed by atoms with Gasteiger partial charge in [0.2, 0.25) is 5.91 Å². The standard InChI is InChI=1S/C17H21N3O/c1-2-20-16-11-7-6-10-14(16)15(19-20)12-18-17(21)13-8-4-3-5-9-13/h3-4,6-7,10-11,13H,2,5,8-9,12H2,1H3,(H,18,21)/t13-/m0/s1. The third-order valence-electron chi connectivity index (χ3n) is 4.10. The number of nitrogens with zero attached hydrogens (tertiary/aromatic N) is 2. The summed E-state index contributed by atoms with van der Waals surface area (Å²) in [5.41, 5.74) is 2.08. The topological polar surface area (TPSA) is 46.9 Å². The molecule has 0 bridgehead atoms. The van der Waals surface area contributed by atoms with Gasteiger partial charge in [0.15, 0.2) is 0 Å². The smallest absolute Gasteiger partial charge is 0.223 e. The molecule has 3 rings (SSSR count). The van der Waals surface area contributed by atoms with Gasteiger partial charge in [0.1, 0.15) is 0 Å². The van der Waals surface area contributed by atoms with Crippen LogP contribution >= 0.6 is 0 Å². The van der Waals surface area contributed by atoms with Crippen LogP contribution in [0.3, 0.4) is 0 Å². The third-order valence-corrected chi connectivity index (χ3v) is 4.10. The lowest BCUT2D eigenvalue weighted by atomic mass is 9.94. The summed E-state index contributed by atoms with van der Waals surface area (Å²) in [5.74, 6) is 0.268. The van der Waals surface area contributed by atoms with Crippen LogP contribution in [-0.2, 0) is 17.9 Å². The molecule has 0 spiro atoms. The number of aromatic nitrogens is 2. The van der Waals surface area contributed by atoms with Gasteiger partial charge < -0.3 is 5.32 Å². The highest BCUT2D eigenvalue weighted by Crippen LogP contribution is 2.20. The first-order valence-corrected chi connectivity index (χ1v) is 7.66. The van der Waals surface area contributed by atoms with Crippen molar-refractivity contribution in [1.29, 1.82) is 0 Å². The van der Waals surface area contributed by atoms with Crippen LogP contribution in [0, 0.1) is 5.92 Å². The van der Waals surface area contributed by atoms with Crippen molar-refractivity contribution in [2.24, 2.45) is 5.92 Å². The van der Waals surface area contributed by atoms with Crippen molar-refractivity contribution in [3.63, 3.8) is 0 Å². The molecule has 0 aliphatic heterocycles. The van der Waals surface area contributed by atoms with Crippen molar-refractivity contribution < 1.29 is 4.79 Å². The molecule has 110 valence electrons. The van der Waals surface area contributed by atoms with Crippen LogP contribution in [-0.4, -0.2) is 15.7 Å². The zero-order valence-electron chi connectivity index (χ0n) is 12.4. The molecule has 2 aromatic rings. The molecule has 1 atom stereocenters. The van der Waals surface area contributed by atoms with Crippen LogP contribution in [0.4, 0.5) is 0 Å². The molecule has 1 N–H and O–H groups in total. The van der Waals surface area contributed by atoms with Gasteiger partial charge in [0.05, 0.1) is 17.8 Å². The molecule has 1 amide bonds. The average Bonchev–Trinajstić information content (AvgIpc) is 2.91. The average molecular weight is 283 g/mol. The molecule has 1 aromatic heterocycles. The Hall–Kier alpha value is -2.10. The van der Waals surface area contributed by atoms with Crippen LogP contribution in [0.25, 0.3) is 10.9 Å².